The Balaban J connectivity index is 2.16. The Labute approximate surface area is 92.6 Å². The Morgan fingerprint density at radius 1 is 1.27 bits per heavy atom. The molecule has 0 amide bonds. The summed E-state index contributed by atoms with van der Waals surface area (Å²) in [6.07, 6.45) is 0. The molecular weight excluding hydrogens is 210 g/mol. The van der Waals surface area contributed by atoms with E-state index in [9.17, 15) is 4.21 Å². The third-order valence-electron chi connectivity index (χ3n) is 2.49. The minimum absolute atomic E-state index is 0.678. The lowest BCUT2D eigenvalue weighted by molar-refractivity contribution is 0.0752. The van der Waals surface area contributed by atoms with Gasteiger partial charge in [-0.05, 0) is 18.6 Å². The van der Waals surface area contributed by atoms with Crippen LogP contribution < -0.4 is 0 Å². The first-order chi connectivity index (χ1) is 7.29. The van der Waals surface area contributed by atoms with E-state index in [1.165, 1.54) is 0 Å². The van der Waals surface area contributed by atoms with Crippen LogP contribution in [0.3, 0.4) is 0 Å². The molecule has 0 bridgehead atoms. The predicted molar refractivity (Wildman–Crippen MR) is 60.0 cm³/mol. The zero-order valence-electron chi connectivity index (χ0n) is 8.81. The van der Waals surface area contributed by atoms with Gasteiger partial charge in [0.25, 0.3) is 0 Å². The zero-order chi connectivity index (χ0) is 10.7. The average Bonchev–Trinajstić information content (AvgIpc) is 2.30. The van der Waals surface area contributed by atoms with Gasteiger partial charge in [-0.2, -0.15) is 0 Å². The Morgan fingerprint density at radius 3 is 2.60 bits per heavy atom. The van der Waals surface area contributed by atoms with E-state index in [4.69, 9.17) is 4.74 Å². The molecule has 0 aromatic heterocycles. The molecule has 4 heteroatoms. The van der Waals surface area contributed by atoms with Gasteiger partial charge in [-0.1, -0.05) is 18.2 Å². The maximum absolute atomic E-state index is 12.2. The van der Waals surface area contributed by atoms with Crippen LogP contribution in [0.15, 0.2) is 29.2 Å². The number of rotatable bonds is 2. The monoisotopic (exact) mass is 225 g/mol. The van der Waals surface area contributed by atoms with Crippen molar-refractivity contribution < 1.29 is 8.95 Å². The van der Waals surface area contributed by atoms with Crippen molar-refractivity contribution in [3.05, 3.63) is 29.8 Å². The van der Waals surface area contributed by atoms with E-state index in [0.717, 1.165) is 23.5 Å². The molecule has 1 fully saturated rings. The molecule has 1 aromatic carbocycles. The highest BCUT2D eigenvalue weighted by Crippen LogP contribution is 2.16. The summed E-state index contributed by atoms with van der Waals surface area (Å²) in [7, 11) is -1.03. The zero-order valence-corrected chi connectivity index (χ0v) is 9.63. The molecule has 0 N–H and O–H groups in total. The van der Waals surface area contributed by atoms with Gasteiger partial charge < -0.3 is 4.74 Å². The fourth-order valence-electron chi connectivity index (χ4n) is 1.60. The van der Waals surface area contributed by atoms with E-state index in [-0.39, 0.29) is 0 Å². The molecule has 1 aliphatic rings. The van der Waals surface area contributed by atoms with Crippen molar-refractivity contribution in [2.75, 3.05) is 26.3 Å². The molecule has 1 unspecified atom stereocenters. The molecule has 82 valence electrons. The van der Waals surface area contributed by atoms with Crippen molar-refractivity contribution in [2.24, 2.45) is 0 Å². The van der Waals surface area contributed by atoms with Crippen molar-refractivity contribution in [2.45, 2.75) is 11.8 Å². The standard InChI is InChI=1S/C11H15NO2S/c1-10-4-2-3-5-11(10)15(13)12-6-8-14-9-7-12/h2-5H,6-9H2,1H3. The molecule has 3 nitrogen and oxygen atoms in total. The molecule has 1 aliphatic heterocycles. The molecule has 0 aliphatic carbocycles. The van der Waals surface area contributed by atoms with Crippen molar-refractivity contribution in [3.8, 4) is 0 Å². The van der Waals surface area contributed by atoms with Gasteiger partial charge in [0, 0.05) is 13.1 Å². The highest BCUT2D eigenvalue weighted by molar-refractivity contribution is 7.82. The van der Waals surface area contributed by atoms with E-state index in [0.29, 0.717) is 13.2 Å². The van der Waals surface area contributed by atoms with Crippen LogP contribution in [-0.4, -0.2) is 34.8 Å². The Morgan fingerprint density at radius 2 is 1.93 bits per heavy atom. The summed E-state index contributed by atoms with van der Waals surface area (Å²) in [5.74, 6) is 0. The van der Waals surface area contributed by atoms with Crippen molar-refractivity contribution >= 4 is 11.0 Å². The summed E-state index contributed by atoms with van der Waals surface area (Å²) in [5.41, 5.74) is 1.09. The van der Waals surface area contributed by atoms with E-state index in [1.807, 2.05) is 35.5 Å². The Hall–Kier alpha value is -0.710. The van der Waals surface area contributed by atoms with Gasteiger partial charge in [-0.3, -0.25) is 0 Å². The summed E-state index contributed by atoms with van der Waals surface area (Å²) in [4.78, 5) is 0.916. The second-order valence-corrected chi connectivity index (χ2v) is 5.01. The van der Waals surface area contributed by atoms with Gasteiger partial charge in [0.05, 0.1) is 18.1 Å². The highest BCUT2D eigenvalue weighted by atomic mass is 32.2. The first kappa shape index (κ1) is 10.8. The molecule has 2 rings (SSSR count). The van der Waals surface area contributed by atoms with E-state index in [1.54, 1.807) is 0 Å². The quantitative estimate of drug-likeness (QED) is 0.760. The molecule has 1 aromatic rings. The Bertz CT molecular complexity index is 361. The van der Waals surface area contributed by atoms with E-state index >= 15 is 0 Å². The number of benzene rings is 1. The topological polar surface area (TPSA) is 29.5 Å². The van der Waals surface area contributed by atoms with Crippen molar-refractivity contribution in [1.29, 1.82) is 0 Å². The lowest BCUT2D eigenvalue weighted by Gasteiger charge is -2.25. The summed E-state index contributed by atoms with van der Waals surface area (Å²) in [5, 5.41) is 0. The van der Waals surface area contributed by atoms with Crippen LogP contribution in [0.25, 0.3) is 0 Å². The summed E-state index contributed by atoms with van der Waals surface area (Å²) in [6, 6.07) is 7.82. The SMILES string of the molecule is Cc1ccccc1S(=O)N1CCOCC1. The van der Waals surface area contributed by atoms with Gasteiger partial charge >= 0.3 is 0 Å². The molecule has 0 radical (unpaired) electrons. The highest BCUT2D eigenvalue weighted by Gasteiger charge is 2.18. The van der Waals surface area contributed by atoms with Gasteiger partial charge in [0.2, 0.25) is 0 Å². The first-order valence-corrected chi connectivity index (χ1v) is 6.20. The van der Waals surface area contributed by atoms with E-state index < -0.39 is 11.0 Å². The van der Waals surface area contributed by atoms with Crippen LogP contribution in [0.2, 0.25) is 0 Å². The summed E-state index contributed by atoms with van der Waals surface area (Å²) < 4.78 is 19.4. The fourth-order valence-corrected chi connectivity index (χ4v) is 2.90. The van der Waals surface area contributed by atoms with E-state index in [2.05, 4.69) is 0 Å². The summed E-state index contributed by atoms with van der Waals surface area (Å²) in [6.45, 7) is 4.85. The Kier molecular flexibility index (Phi) is 3.51. The van der Waals surface area contributed by atoms with Crippen LogP contribution in [-0.2, 0) is 15.7 Å². The number of hydrogen-bond donors (Lipinski definition) is 0. The predicted octanol–water partition coefficient (Wildman–Crippen LogP) is 1.35. The average molecular weight is 225 g/mol. The molecule has 1 atom stereocenters. The second kappa shape index (κ2) is 4.88. The van der Waals surface area contributed by atoms with Gasteiger partial charge in [-0.25, -0.2) is 8.51 Å². The van der Waals surface area contributed by atoms with Crippen LogP contribution in [0.4, 0.5) is 0 Å². The molecule has 1 saturated heterocycles. The second-order valence-electron chi connectivity index (χ2n) is 3.56. The number of nitrogens with zero attached hydrogens (tertiary/aromatic N) is 1. The smallest absolute Gasteiger partial charge is 0.128 e. The van der Waals surface area contributed by atoms with Crippen LogP contribution in [0.5, 0.6) is 0 Å². The maximum atomic E-state index is 12.2. The fraction of sp³-hybridized carbons (Fsp3) is 0.455. The molecule has 0 saturated carbocycles. The first-order valence-electron chi connectivity index (χ1n) is 5.09. The molecule has 0 spiro atoms. The molecule has 1 heterocycles. The minimum atomic E-state index is -1.03. The summed E-state index contributed by atoms with van der Waals surface area (Å²) >= 11 is 0. The third kappa shape index (κ3) is 2.45. The molecule has 15 heavy (non-hydrogen) atoms. The minimum Gasteiger partial charge on any atom is -0.379 e. The molecular formula is C11H15NO2S. The largest absolute Gasteiger partial charge is 0.379 e. The van der Waals surface area contributed by atoms with Crippen molar-refractivity contribution in [1.82, 2.24) is 4.31 Å². The lowest BCUT2D eigenvalue weighted by Crippen LogP contribution is -2.37. The van der Waals surface area contributed by atoms with Gasteiger partial charge in [0.1, 0.15) is 11.0 Å². The number of hydrogen-bond acceptors (Lipinski definition) is 2. The van der Waals surface area contributed by atoms with Gasteiger partial charge in [0.15, 0.2) is 0 Å². The number of ether oxygens (including phenoxy) is 1. The van der Waals surface area contributed by atoms with Crippen molar-refractivity contribution in [3.63, 3.8) is 0 Å². The van der Waals surface area contributed by atoms with Crippen LogP contribution in [0.1, 0.15) is 5.56 Å². The van der Waals surface area contributed by atoms with Crippen LogP contribution >= 0.6 is 0 Å². The van der Waals surface area contributed by atoms with Gasteiger partial charge in [-0.15, -0.1) is 0 Å². The maximum Gasteiger partial charge on any atom is 0.128 e. The van der Waals surface area contributed by atoms with Crippen LogP contribution in [0, 0.1) is 6.92 Å². The lowest BCUT2D eigenvalue weighted by atomic mass is 10.2. The number of aryl methyl sites for hydroxylation is 1. The normalized spacial score (nSPS) is 20.1. The third-order valence-corrected chi connectivity index (χ3v) is 4.15. The number of morpholine rings is 1.